The Bertz CT molecular complexity index is 410. The predicted octanol–water partition coefficient (Wildman–Crippen LogP) is -0.105. The lowest BCUT2D eigenvalue weighted by Crippen LogP contribution is -2.17. The first-order chi connectivity index (χ1) is 7.36. The molecule has 0 bridgehead atoms. The van der Waals surface area contributed by atoms with E-state index in [4.69, 9.17) is 0 Å². The molecule has 0 spiro atoms. The van der Waals surface area contributed by atoms with Crippen LogP contribution in [0.25, 0.3) is 0 Å². The quantitative estimate of drug-likeness (QED) is 0.753. The smallest absolute Gasteiger partial charge is 0.146 e. The summed E-state index contributed by atoms with van der Waals surface area (Å²) in [6.45, 7) is 1.29. The first-order valence-corrected chi connectivity index (χ1v) is 4.66. The fourth-order valence-corrected chi connectivity index (χ4v) is 1.17. The molecule has 0 aliphatic carbocycles. The Morgan fingerprint density at radius 1 is 1.27 bits per heavy atom. The van der Waals surface area contributed by atoms with Gasteiger partial charge in [-0.2, -0.15) is 0 Å². The molecular weight excluding hydrogens is 192 g/mol. The minimum Gasteiger partial charge on any atom is -0.320 e. The van der Waals surface area contributed by atoms with Crippen LogP contribution in [-0.2, 0) is 20.1 Å². The highest BCUT2D eigenvalue weighted by Crippen LogP contribution is 1.92. The zero-order chi connectivity index (χ0) is 10.5. The molecule has 2 aromatic heterocycles. The number of hydrogen-bond acceptors (Lipinski definition) is 5. The van der Waals surface area contributed by atoms with E-state index in [1.807, 2.05) is 11.6 Å². The van der Waals surface area contributed by atoms with Gasteiger partial charge >= 0.3 is 0 Å². The standard InChI is InChI=1S/C9H12N6/c1-15-7-13-14-9(15)6-10-5-8-11-3-2-4-12-8/h2-4,7,10H,5-6H2,1H3. The molecule has 78 valence electrons. The molecule has 6 nitrogen and oxygen atoms in total. The molecule has 0 atom stereocenters. The summed E-state index contributed by atoms with van der Waals surface area (Å²) in [6, 6.07) is 1.80. The van der Waals surface area contributed by atoms with Crippen LogP contribution in [0.3, 0.4) is 0 Å². The van der Waals surface area contributed by atoms with E-state index in [1.54, 1.807) is 24.8 Å². The molecule has 15 heavy (non-hydrogen) atoms. The third kappa shape index (κ3) is 2.57. The first kappa shape index (κ1) is 9.72. The number of nitrogens with zero attached hydrogens (tertiary/aromatic N) is 5. The van der Waals surface area contributed by atoms with Gasteiger partial charge in [-0.15, -0.1) is 10.2 Å². The molecule has 0 fully saturated rings. The van der Waals surface area contributed by atoms with Crippen LogP contribution in [0.2, 0.25) is 0 Å². The maximum Gasteiger partial charge on any atom is 0.146 e. The van der Waals surface area contributed by atoms with E-state index in [-0.39, 0.29) is 0 Å². The SMILES string of the molecule is Cn1cnnc1CNCc1ncccn1. The molecule has 1 N–H and O–H groups in total. The second-order valence-corrected chi connectivity index (χ2v) is 3.13. The first-order valence-electron chi connectivity index (χ1n) is 4.66. The largest absolute Gasteiger partial charge is 0.320 e. The van der Waals surface area contributed by atoms with E-state index in [0.717, 1.165) is 11.6 Å². The summed E-state index contributed by atoms with van der Waals surface area (Å²) in [5.41, 5.74) is 0. The van der Waals surface area contributed by atoms with Gasteiger partial charge in [0, 0.05) is 19.4 Å². The normalized spacial score (nSPS) is 10.5. The van der Waals surface area contributed by atoms with E-state index in [9.17, 15) is 0 Å². The van der Waals surface area contributed by atoms with Crippen LogP contribution in [0.5, 0.6) is 0 Å². The molecule has 0 saturated carbocycles. The lowest BCUT2D eigenvalue weighted by Gasteiger charge is -2.02. The maximum absolute atomic E-state index is 4.10. The van der Waals surface area contributed by atoms with Gasteiger partial charge in [0.2, 0.25) is 0 Å². The molecule has 2 rings (SSSR count). The van der Waals surface area contributed by atoms with Gasteiger partial charge in [-0.1, -0.05) is 0 Å². The van der Waals surface area contributed by atoms with Gasteiger partial charge in [0.1, 0.15) is 18.0 Å². The number of aromatic nitrogens is 5. The fraction of sp³-hybridized carbons (Fsp3) is 0.333. The number of nitrogens with one attached hydrogen (secondary N) is 1. The highest BCUT2D eigenvalue weighted by atomic mass is 15.3. The average Bonchev–Trinajstić information content (AvgIpc) is 2.66. The van der Waals surface area contributed by atoms with Gasteiger partial charge in [-0.3, -0.25) is 0 Å². The summed E-state index contributed by atoms with van der Waals surface area (Å²) in [7, 11) is 1.91. The van der Waals surface area contributed by atoms with Crippen molar-refractivity contribution in [2.45, 2.75) is 13.1 Å². The summed E-state index contributed by atoms with van der Waals surface area (Å²) in [6.07, 6.45) is 5.13. The van der Waals surface area contributed by atoms with E-state index < -0.39 is 0 Å². The Balaban J connectivity index is 1.83. The Kier molecular flexibility index (Phi) is 2.99. The van der Waals surface area contributed by atoms with Crippen molar-refractivity contribution in [1.82, 2.24) is 30.0 Å². The summed E-state index contributed by atoms with van der Waals surface area (Å²) in [5.74, 6) is 1.67. The van der Waals surface area contributed by atoms with Crippen LogP contribution in [0, 0.1) is 0 Å². The molecule has 6 heteroatoms. The van der Waals surface area contributed by atoms with Gasteiger partial charge in [0.25, 0.3) is 0 Å². The highest BCUT2D eigenvalue weighted by Gasteiger charge is 2.00. The predicted molar refractivity (Wildman–Crippen MR) is 53.6 cm³/mol. The molecule has 0 aliphatic rings. The van der Waals surface area contributed by atoms with E-state index in [0.29, 0.717) is 13.1 Å². The van der Waals surface area contributed by atoms with Crippen molar-refractivity contribution in [3.63, 3.8) is 0 Å². The van der Waals surface area contributed by atoms with Gasteiger partial charge in [-0.05, 0) is 6.07 Å². The molecule has 0 saturated heterocycles. The van der Waals surface area contributed by atoms with Crippen LogP contribution in [0.4, 0.5) is 0 Å². The fourth-order valence-electron chi connectivity index (χ4n) is 1.17. The summed E-state index contributed by atoms with van der Waals surface area (Å²) in [4.78, 5) is 8.21. The van der Waals surface area contributed by atoms with E-state index >= 15 is 0 Å². The molecule has 0 unspecified atom stereocenters. The molecule has 0 aromatic carbocycles. The minimum atomic E-state index is 0.633. The van der Waals surface area contributed by atoms with Crippen molar-refractivity contribution in [2.24, 2.45) is 7.05 Å². The lowest BCUT2D eigenvalue weighted by atomic mass is 10.5. The van der Waals surface area contributed by atoms with Crippen molar-refractivity contribution in [2.75, 3.05) is 0 Å². The molecule has 2 aromatic rings. The van der Waals surface area contributed by atoms with Crippen LogP contribution in [0.15, 0.2) is 24.8 Å². The maximum atomic E-state index is 4.10. The third-order valence-electron chi connectivity index (χ3n) is 1.99. The van der Waals surface area contributed by atoms with Gasteiger partial charge in [0.15, 0.2) is 0 Å². The third-order valence-corrected chi connectivity index (χ3v) is 1.99. The number of aryl methyl sites for hydroxylation is 1. The van der Waals surface area contributed by atoms with Gasteiger partial charge in [-0.25, -0.2) is 9.97 Å². The monoisotopic (exact) mass is 204 g/mol. The van der Waals surface area contributed by atoms with Crippen LogP contribution in [0.1, 0.15) is 11.6 Å². The van der Waals surface area contributed by atoms with Crippen molar-refractivity contribution < 1.29 is 0 Å². The number of rotatable bonds is 4. The Hall–Kier alpha value is -1.82. The second kappa shape index (κ2) is 4.61. The van der Waals surface area contributed by atoms with Crippen LogP contribution < -0.4 is 5.32 Å². The lowest BCUT2D eigenvalue weighted by molar-refractivity contribution is 0.618. The van der Waals surface area contributed by atoms with E-state index in [1.165, 1.54) is 0 Å². The molecular formula is C9H12N6. The molecule has 0 amide bonds. The van der Waals surface area contributed by atoms with E-state index in [2.05, 4.69) is 25.5 Å². The van der Waals surface area contributed by atoms with Gasteiger partial charge < -0.3 is 9.88 Å². The Morgan fingerprint density at radius 2 is 2.07 bits per heavy atom. The van der Waals surface area contributed by atoms with Crippen LogP contribution >= 0.6 is 0 Å². The summed E-state index contributed by atoms with van der Waals surface area (Å²) in [5, 5.41) is 10.9. The zero-order valence-electron chi connectivity index (χ0n) is 8.46. The topological polar surface area (TPSA) is 68.5 Å². The Labute approximate surface area is 87.4 Å². The van der Waals surface area contributed by atoms with Crippen molar-refractivity contribution in [3.8, 4) is 0 Å². The zero-order valence-corrected chi connectivity index (χ0v) is 8.46. The van der Waals surface area contributed by atoms with Crippen molar-refractivity contribution >= 4 is 0 Å². The van der Waals surface area contributed by atoms with Crippen molar-refractivity contribution in [3.05, 3.63) is 36.4 Å². The highest BCUT2D eigenvalue weighted by molar-refractivity contribution is 4.89. The van der Waals surface area contributed by atoms with Gasteiger partial charge in [0.05, 0.1) is 13.1 Å². The second-order valence-electron chi connectivity index (χ2n) is 3.13. The van der Waals surface area contributed by atoms with Crippen LogP contribution in [-0.4, -0.2) is 24.7 Å². The molecule has 2 heterocycles. The average molecular weight is 204 g/mol. The number of hydrogen-bond donors (Lipinski definition) is 1. The minimum absolute atomic E-state index is 0.633. The summed E-state index contributed by atoms with van der Waals surface area (Å²) >= 11 is 0. The summed E-state index contributed by atoms with van der Waals surface area (Å²) < 4.78 is 1.87. The molecule has 0 radical (unpaired) electrons. The van der Waals surface area contributed by atoms with Crippen molar-refractivity contribution in [1.29, 1.82) is 0 Å². The molecule has 0 aliphatic heterocycles. The Morgan fingerprint density at radius 3 is 2.73 bits per heavy atom.